The van der Waals surface area contributed by atoms with Crippen molar-refractivity contribution < 1.29 is 33.0 Å². The molecule has 0 fully saturated rings. The molecule has 1 aromatic heterocycles. The summed E-state index contributed by atoms with van der Waals surface area (Å²) in [5.74, 6) is 0.826. The first-order chi connectivity index (χ1) is 16.5. The van der Waals surface area contributed by atoms with E-state index in [4.69, 9.17) is 18.6 Å². The zero-order chi connectivity index (χ0) is 24.5. The maximum absolute atomic E-state index is 12.5. The van der Waals surface area contributed by atoms with Gasteiger partial charge < -0.3 is 28.7 Å². The molecular weight excluding hydrogens is 440 g/mol. The second-order valence-corrected chi connectivity index (χ2v) is 6.81. The van der Waals surface area contributed by atoms with Crippen molar-refractivity contribution in [3.8, 4) is 23.3 Å². The first-order valence-electron chi connectivity index (χ1n) is 10.0. The number of nitriles is 1. The number of amides is 1. The van der Waals surface area contributed by atoms with E-state index in [1.807, 2.05) is 6.07 Å². The summed E-state index contributed by atoms with van der Waals surface area (Å²) in [5, 5.41) is 12.1. The molecule has 0 saturated carbocycles. The van der Waals surface area contributed by atoms with E-state index >= 15 is 0 Å². The van der Waals surface area contributed by atoms with Crippen molar-refractivity contribution >= 4 is 23.6 Å². The fourth-order valence-corrected chi connectivity index (χ4v) is 2.90. The smallest absolute Gasteiger partial charge is 0.373 e. The fourth-order valence-electron chi connectivity index (χ4n) is 2.90. The lowest BCUT2D eigenvalue weighted by Crippen LogP contribution is -2.13. The summed E-state index contributed by atoms with van der Waals surface area (Å²) >= 11 is 0. The predicted octanol–water partition coefficient (Wildman–Crippen LogP) is 4.21. The lowest BCUT2D eigenvalue weighted by Gasteiger charge is -2.11. The Morgan fingerprint density at radius 2 is 1.76 bits per heavy atom. The summed E-state index contributed by atoms with van der Waals surface area (Å²) in [6, 6.07) is 16.7. The second-order valence-electron chi connectivity index (χ2n) is 6.81. The van der Waals surface area contributed by atoms with Crippen LogP contribution in [0, 0.1) is 11.3 Å². The minimum absolute atomic E-state index is 0.0518. The highest BCUT2D eigenvalue weighted by Crippen LogP contribution is 2.30. The van der Waals surface area contributed by atoms with Crippen LogP contribution in [0.5, 0.6) is 17.2 Å². The molecule has 0 atom stereocenters. The third-order valence-electron chi connectivity index (χ3n) is 4.63. The lowest BCUT2D eigenvalue weighted by molar-refractivity contribution is -0.112. The van der Waals surface area contributed by atoms with Crippen molar-refractivity contribution in [2.45, 2.75) is 6.61 Å². The Morgan fingerprint density at radius 3 is 2.41 bits per heavy atom. The third-order valence-corrected chi connectivity index (χ3v) is 4.63. The Balaban J connectivity index is 1.71. The number of esters is 1. The van der Waals surface area contributed by atoms with Crippen LogP contribution in [0.1, 0.15) is 21.9 Å². The van der Waals surface area contributed by atoms with E-state index in [1.165, 1.54) is 26.4 Å². The summed E-state index contributed by atoms with van der Waals surface area (Å²) in [4.78, 5) is 24.0. The first-order valence-corrected chi connectivity index (χ1v) is 10.0. The lowest BCUT2D eigenvalue weighted by atomic mass is 10.1. The van der Waals surface area contributed by atoms with Crippen molar-refractivity contribution in [1.29, 1.82) is 5.26 Å². The predicted molar refractivity (Wildman–Crippen MR) is 123 cm³/mol. The van der Waals surface area contributed by atoms with Crippen LogP contribution < -0.4 is 19.5 Å². The van der Waals surface area contributed by atoms with Gasteiger partial charge in [0.15, 0.2) is 11.5 Å². The molecule has 2 aromatic carbocycles. The first kappa shape index (κ1) is 23.9. The van der Waals surface area contributed by atoms with Crippen molar-refractivity contribution in [3.63, 3.8) is 0 Å². The fraction of sp³-hybridized carbons (Fsp3) is 0.160. The highest BCUT2D eigenvalue weighted by Gasteiger charge is 2.14. The molecule has 0 aliphatic heterocycles. The quantitative estimate of drug-likeness (QED) is 0.285. The van der Waals surface area contributed by atoms with Crippen LogP contribution in [0.4, 0.5) is 5.69 Å². The van der Waals surface area contributed by atoms with Gasteiger partial charge in [0.25, 0.3) is 5.91 Å². The van der Waals surface area contributed by atoms with E-state index in [9.17, 15) is 14.9 Å². The molecule has 174 valence electrons. The molecule has 1 heterocycles. The summed E-state index contributed by atoms with van der Waals surface area (Å²) in [7, 11) is 4.29. The molecule has 0 radical (unpaired) electrons. The van der Waals surface area contributed by atoms with E-state index in [2.05, 4.69) is 10.1 Å². The van der Waals surface area contributed by atoms with Crippen LogP contribution >= 0.6 is 0 Å². The Bertz CT molecular complexity index is 1240. The normalized spacial score (nSPS) is 10.7. The Kier molecular flexibility index (Phi) is 7.92. The standard InChI is InChI=1S/C25H22N2O7/c1-30-19-7-5-18(6-8-19)27-24(28)17(14-26)12-16-4-10-21(23(13-16)31-2)33-15-20-9-11-22(34-20)25(29)32-3/h4-13H,15H2,1-3H3,(H,27,28)/b17-12+. The zero-order valence-corrected chi connectivity index (χ0v) is 18.8. The third kappa shape index (κ3) is 5.95. The van der Waals surface area contributed by atoms with E-state index in [0.717, 1.165) is 0 Å². The second kappa shape index (κ2) is 11.2. The van der Waals surface area contributed by atoms with Crippen molar-refractivity contribution in [2.75, 3.05) is 26.6 Å². The molecule has 1 N–H and O–H groups in total. The van der Waals surface area contributed by atoms with E-state index in [-0.39, 0.29) is 17.9 Å². The molecule has 34 heavy (non-hydrogen) atoms. The maximum Gasteiger partial charge on any atom is 0.373 e. The van der Waals surface area contributed by atoms with Gasteiger partial charge >= 0.3 is 5.97 Å². The number of methoxy groups -OCH3 is 3. The monoisotopic (exact) mass is 462 g/mol. The average Bonchev–Trinajstić information content (AvgIpc) is 3.35. The average molecular weight is 462 g/mol. The number of anilines is 1. The van der Waals surface area contributed by atoms with Crippen LogP contribution in [0.2, 0.25) is 0 Å². The molecule has 3 aromatic rings. The molecule has 0 saturated heterocycles. The van der Waals surface area contributed by atoms with Crippen LogP contribution in [-0.4, -0.2) is 33.2 Å². The SMILES string of the molecule is COC(=O)c1ccc(COc2ccc(/C=C(\C#N)C(=O)Nc3ccc(OC)cc3)cc2OC)o1. The van der Waals surface area contributed by atoms with Crippen molar-refractivity contribution in [1.82, 2.24) is 0 Å². The maximum atomic E-state index is 12.5. The summed E-state index contributed by atoms with van der Waals surface area (Å²) in [5.41, 5.74) is 1.01. The molecule has 0 unspecified atom stereocenters. The molecule has 0 bridgehead atoms. The van der Waals surface area contributed by atoms with Gasteiger partial charge in [0, 0.05) is 5.69 Å². The number of carbonyl (C=O) groups excluding carboxylic acids is 2. The number of benzene rings is 2. The number of nitrogens with zero attached hydrogens (tertiary/aromatic N) is 1. The van der Waals surface area contributed by atoms with Crippen LogP contribution in [-0.2, 0) is 16.1 Å². The number of hydrogen-bond donors (Lipinski definition) is 1. The van der Waals surface area contributed by atoms with Gasteiger partial charge in [0.05, 0.1) is 21.3 Å². The Hall–Kier alpha value is -4.71. The van der Waals surface area contributed by atoms with Gasteiger partial charge in [0.1, 0.15) is 29.8 Å². The number of furan rings is 1. The van der Waals surface area contributed by atoms with Crippen LogP contribution in [0.15, 0.2) is 64.6 Å². The van der Waals surface area contributed by atoms with Gasteiger partial charge in [-0.25, -0.2) is 4.79 Å². The molecule has 9 nitrogen and oxygen atoms in total. The van der Waals surface area contributed by atoms with Crippen LogP contribution in [0.3, 0.4) is 0 Å². The summed E-state index contributed by atoms with van der Waals surface area (Å²) < 4.78 is 26.2. The van der Waals surface area contributed by atoms with Gasteiger partial charge in [-0.2, -0.15) is 5.26 Å². The van der Waals surface area contributed by atoms with Gasteiger partial charge in [-0.1, -0.05) is 6.07 Å². The molecular formula is C25H22N2O7. The zero-order valence-electron chi connectivity index (χ0n) is 18.8. The van der Waals surface area contributed by atoms with E-state index < -0.39 is 11.9 Å². The number of nitrogens with one attached hydrogen (secondary N) is 1. The number of rotatable bonds is 9. The largest absolute Gasteiger partial charge is 0.497 e. The minimum Gasteiger partial charge on any atom is -0.497 e. The molecule has 0 aliphatic carbocycles. The summed E-state index contributed by atoms with van der Waals surface area (Å²) in [6.45, 7) is 0.0518. The number of ether oxygens (including phenoxy) is 4. The van der Waals surface area contributed by atoms with Crippen LogP contribution in [0.25, 0.3) is 6.08 Å². The summed E-state index contributed by atoms with van der Waals surface area (Å²) in [6.07, 6.45) is 1.44. The number of hydrogen-bond acceptors (Lipinski definition) is 8. The molecule has 1 amide bonds. The molecule has 3 rings (SSSR count). The minimum atomic E-state index is -0.579. The topological polar surface area (TPSA) is 120 Å². The van der Waals surface area contributed by atoms with E-state index in [1.54, 1.807) is 55.6 Å². The van der Waals surface area contributed by atoms with Gasteiger partial charge in [-0.05, 0) is 60.2 Å². The van der Waals surface area contributed by atoms with Gasteiger partial charge in [0.2, 0.25) is 5.76 Å². The Morgan fingerprint density at radius 1 is 1.00 bits per heavy atom. The van der Waals surface area contributed by atoms with E-state index in [0.29, 0.717) is 34.3 Å². The molecule has 0 spiro atoms. The molecule has 9 heteroatoms. The van der Waals surface area contributed by atoms with Crippen molar-refractivity contribution in [2.24, 2.45) is 0 Å². The molecule has 0 aliphatic rings. The highest BCUT2D eigenvalue weighted by atomic mass is 16.5. The highest BCUT2D eigenvalue weighted by molar-refractivity contribution is 6.09. The number of carbonyl (C=O) groups is 2. The van der Waals surface area contributed by atoms with Gasteiger partial charge in [-0.3, -0.25) is 4.79 Å². The Labute approximate surface area is 196 Å². The van der Waals surface area contributed by atoms with Crippen molar-refractivity contribution in [3.05, 3.63) is 77.3 Å². The van der Waals surface area contributed by atoms with Gasteiger partial charge in [-0.15, -0.1) is 0 Å².